The molecule has 2 N–H and O–H groups in total. The Morgan fingerprint density at radius 2 is 2.08 bits per heavy atom. The van der Waals surface area contributed by atoms with E-state index in [1.54, 1.807) is 12.1 Å². The van der Waals surface area contributed by atoms with E-state index in [-0.39, 0.29) is 32.2 Å². The predicted molar refractivity (Wildman–Crippen MR) is 93.5 cm³/mol. The third kappa shape index (κ3) is 3.86. The average Bonchev–Trinajstić information content (AvgIpc) is 3.38. The number of aromatic nitrogens is 1. The molecule has 1 aromatic heterocycles. The zero-order valence-electron chi connectivity index (χ0n) is 12.4. The van der Waals surface area contributed by atoms with Gasteiger partial charge in [0.05, 0.1) is 17.3 Å². The molecule has 2 aromatic rings. The molecule has 3 rings (SSSR count). The van der Waals surface area contributed by atoms with Crippen molar-refractivity contribution in [2.45, 2.75) is 12.8 Å². The molecular formula is C16H13Cl3N2O3. The molecule has 1 heterocycles. The summed E-state index contributed by atoms with van der Waals surface area (Å²) in [6, 6.07) is 4.42. The molecule has 1 fully saturated rings. The number of ether oxygens (including phenoxy) is 1. The first-order chi connectivity index (χ1) is 11.5. The predicted octanol–water partition coefficient (Wildman–Crippen LogP) is 4.79. The van der Waals surface area contributed by atoms with Crippen LogP contribution in [0.15, 0.2) is 24.4 Å². The summed E-state index contributed by atoms with van der Waals surface area (Å²) in [4.78, 5) is 16.1. The Balaban J connectivity index is 1.75. The highest BCUT2D eigenvalue weighted by Crippen LogP contribution is 2.35. The number of nitrogens with one attached hydrogen (secondary N) is 1. The molecule has 0 bridgehead atoms. The van der Waals surface area contributed by atoms with Gasteiger partial charge in [-0.15, -0.1) is 0 Å². The van der Waals surface area contributed by atoms with Crippen LogP contribution in [0, 0.1) is 5.92 Å². The number of aromatic hydroxyl groups is 1. The van der Waals surface area contributed by atoms with Gasteiger partial charge in [0.2, 0.25) is 0 Å². The lowest BCUT2D eigenvalue weighted by Crippen LogP contribution is -2.13. The summed E-state index contributed by atoms with van der Waals surface area (Å²) in [7, 11) is 0. The lowest BCUT2D eigenvalue weighted by molar-refractivity contribution is 0.102. The molecule has 0 saturated heterocycles. The van der Waals surface area contributed by atoms with Crippen LogP contribution in [0.25, 0.3) is 0 Å². The normalized spacial score (nSPS) is 13.6. The second-order valence-electron chi connectivity index (χ2n) is 5.48. The number of pyridine rings is 1. The van der Waals surface area contributed by atoms with Gasteiger partial charge in [0, 0.05) is 11.8 Å². The summed E-state index contributed by atoms with van der Waals surface area (Å²) in [6.07, 6.45) is 3.59. The summed E-state index contributed by atoms with van der Waals surface area (Å²) in [6.45, 7) is 0.569. The van der Waals surface area contributed by atoms with E-state index < -0.39 is 5.91 Å². The first-order valence-electron chi connectivity index (χ1n) is 7.22. The number of nitrogens with zero attached hydrogens (tertiary/aromatic N) is 1. The summed E-state index contributed by atoms with van der Waals surface area (Å²) in [5.74, 6) is 0.313. The van der Waals surface area contributed by atoms with Crippen LogP contribution in [0.3, 0.4) is 0 Å². The van der Waals surface area contributed by atoms with Gasteiger partial charge in [0.25, 0.3) is 5.91 Å². The SMILES string of the molecule is O=C(Nc1c(Cl)cnc(Cl)c1Cl)c1ccc(OCC2CC2)c(O)c1. The van der Waals surface area contributed by atoms with Gasteiger partial charge >= 0.3 is 0 Å². The van der Waals surface area contributed by atoms with E-state index in [0.717, 1.165) is 12.8 Å². The summed E-state index contributed by atoms with van der Waals surface area (Å²) in [5, 5.41) is 12.8. The quantitative estimate of drug-likeness (QED) is 0.724. The molecule has 1 amide bonds. The van der Waals surface area contributed by atoms with Crippen LogP contribution >= 0.6 is 34.8 Å². The second kappa shape index (κ2) is 7.05. The van der Waals surface area contributed by atoms with E-state index in [2.05, 4.69) is 10.3 Å². The Labute approximate surface area is 153 Å². The van der Waals surface area contributed by atoms with Crippen molar-refractivity contribution in [2.24, 2.45) is 5.92 Å². The fraction of sp³-hybridized carbons (Fsp3) is 0.250. The molecule has 0 radical (unpaired) electrons. The molecule has 8 heteroatoms. The third-order valence-corrected chi connectivity index (χ3v) is 4.60. The van der Waals surface area contributed by atoms with Crippen LogP contribution < -0.4 is 10.1 Å². The van der Waals surface area contributed by atoms with Crippen molar-refractivity contribution in [1.82, 2.24) is 4.98 Å². The number of rotatable bonds is 5. The standard InChI is InChI=1S/C16H13Cl3N2O3/c17-10-6-20-15(19)13(18)14(10)21-16(23)9-3-4-12(11(22)5-9)24-7-8-1-2-8/h3-6,8,22H,1-2,7H2,(H,20,21,23). The molecule has 126 valence electrons. The molecule has 1 aliphatic rings. The van der Waals surface area contributed by atoms with Crippen LogP contribution in [0.1, 0.15) is 23.2 Å². The zero-order chi connectivity index (χ0) is 17.3. The van der Waals surface area contributed by atoms with Crippen molar-refractivity contribution < 1.29 is 14.6 Å². The summed E-state index contributed by atoms with van der Waals surface area (Å²) in [5.41, 5.74) is 0.392. The van der Waals surface area contributed by atoms with Crippen molar-refractivity contribution in [3.63, 3.8) is 0 Å². The smallest absolute Gasteiger partial charge is 0.255 e. The van der Waals surface area contributed by atoms with Crippen molar-refractivity contribution >= 4 is 46.4 Å². The summed E-state index contributed by atoms with van der Waals surface area (Å²) < 4.78 is 5.52. The van der Waals surface area contributed by atoms with Crippen molar-refractivity contribution in [3.8, 4) is 11.5 Å². The van der Waals surface area contributed by atoms with Crippen LogP contribution in [0.5, 0.6) is 11.5 Å². The number of hydrogen-bond acceptors (Lipinski definition) is 4. The Kier molecular flexibility index (Phi) is 5.04. The minimum absolute atomic E-state index is 0.0306. The Morgan fingerprint density at radius 1 is 1.33 bits per heavy atom. The molecule has 24 heavy (non-hydrogen) atoms. The number of carbonyl (C=O) groups excluding carboxylic acids is 1. The number of benzene rings is 1. The minimum Gasteiger partial charge on any atom is -0.504 e. The largest absolute Gasteiger partial charge is 0.504 e. The molecule has 0 aliphatic heterocycles. The van der Waals surface area contributed by atoms with Gasteiger partial charge in [-0.2, -0.15) is 0 Å². The number of phenols is 1. The summed E-state index contributed by atoms with van der Waals surface area (Å²) >= 11 is 17.8. The monoisotopic (exact) mass is 386 g/mol. The molecule has 1 aromatic carbocycles. The van der Waals surface area contributed by atoms with Gasteiger partial charge < -0.3 is 15.2 Å². The molecule has 5 nitrogen and oxygen atoms in total. The minimum atomic E-state index is -0.495. The topological polar surface area (TPSA) is 71.5 Å². The van der Waals surface area contributed by atoms with Crippen LogP contribution in [-0.4, -0.2) is 22.6 Å². The molecular weight excluding hydrogens is 375 g/mol. The highest BCUT2D eigenvalue weighted by molar-refractivity contribution is 6.45. The maximum atomic E-state index is 12.3. The van der Waals surface area contributed by atoms with Crippen LogP contribution in [0.4, 0.5) is 5.69 Å². The lowest BCUT2D eigenvalue weighted by Gasteiger charge is -2.11. The van der Waals surface area contributed by atoms with Gasteiger partial charge in [-0.05, 0) is 37.0 Å². The average molecular weight is 388 g/mol. The highest BCUT2D eigenvalue weighted by Gasteiger charge is 2.22. The van der Waals surface area contributed by atoms with Crippen molar-refractivity contribution in [1.29, 1.82) is 0 Å². The van der Waals surface area contributed by atoms with Gasteiger partial charge in [-0.25, -0.2) is 4.98 Å². The van der Waals surface area contributed by atoms with E-state index >= 15 is 0 Å². The molecule has 0 spiro atoms. The van der Waals surface area contributed by atoms with E-state index in [1.807, 2.05) is 0 Å². The molecule has 0 atom stereocenters. The number of amides is 1. The first-order valence-corrected chi connectivity index (χ1v) is 8.35. The van der Waals surface area contributed by atoms with Gasteiger partial charge in [0.15, 0.2) is 11.5 Å². The van der Waals surface area contributed by atoms with Crippen LogP contribution in [0.2, 0.25) is 15.2 Å². The Hall–Kier alpha value is -1.69. The van der Waals surface area contributed by atoms with E-state index in [9.17, 15) is 9.90 Å². The first kappa shape index (κ1) is 17.1. The second-order valence-corrected chi connectivity index (χ2v) is 6.62. The molecule has 1 saturated carbocycles. The lowest BCUT2D eigenvalue weighted by atomic mass is 10.2. The maximum Gasteiger partial charge on any atom is 0.255 e. The Morgan fingerprint density at radius 3 is 2.75 bits per heavy atom. The highest BCUT2D eigenvalue weighted by atomic mass is 35.5. The van der Waals surface area contributed by atoms with Crippen molar-refractivity contribution in [3.05, 3.63) is 45.2 Å². The van der Waals surface area contributed by atoms with Crippen LogP contribution in [-0.2, 0) is 0 Å². The number of carbonyl (C=O) groups is 1. The van der Waals surface area contributed by atoms with E-state index in [4.69, 9.17) is 39.5 Å². The molecule has 0 unspecified atom stereocenters. The number of phenolic OH excluding ortho intramolecular Hbond substituents is 1. The number of halogens is 3. The Bertz CT molecular complexity index is 794. The van der Waals surface area contributed by atoms with E-state index in [1.165, 1.54) is 12.3 Å². The van der Waals surface area contributed by atoms with Crippen molar-refractivity contribution in [2.75, 3.05) is 11.9 Å². The van der Waals surface area contributed by atoms with Gasteiger partial charge in [-0.3, -0.25) is 4.79 Å². The van der Waals surface area contributed by atoms with E-state index in [0.29, 0.717) is 18.3 Å². The number of anilines is 1. The number of hydrogen-bond donors (Lipinski definition) is 2. The molecule has 1 aliphatic carbocycles. The fourth-order valence-electron chi connectivity index (χ4n) is 2.02. The van der Waals surface area contributed by atoms with Gasteiger partial charge in [-0.1, -0.05) is 34.8 Å². The fourth-order valence-corrected chi connectivity index (χ4v) is 2.60. The maximum absolute atomic E-state index is 12.3. The zero-order valence-corrected chi connectivity index (χ0v) is 14.6. The third-order valence-electron chi connectivity index (χ3n) is 3.56. The van der Waals surface area contributed by atoms with Gasteiger partial charge in [0.1, 0.15) is 10.2 Å².